The average Bonchev–Trinajstić information content (AvgIpc) is 3.14. The van der Waals surface area contributed by atoms with Gasteiger partial charge in [-0.1, -0.05) is 30.5 Å². The van der Waals surface area contributed by atoms with Gasteiger partial charge >= 0.3 is 0 Å². The maximum absolute atomic E-state index is 6.13. The van der Waals surface area contributed by atoms with Gasteiger partial charge in [-0.2, -0.15) is 0 Å². The van der Waals surface area contributed by atoms with Gasteiger partial charge in [0.25, 0.3) is 0 Å². The third kappa shape index (κ3) is 3.48. The van der Waals surface area contributed by atoms with E-state index in [4.69, 9.17) is 23.8 Å². The van der Waals surface area contributed by atoms with E-state index in [1.54, 1.807) is 11.3 Å². The quantitative estimate of drug-likeness (QED) is 0.608. The van der Waals surface area contributed by atoms with Crippen LogP contribution in [0.1, 0.15) is 30.6 Å². The molecular weight excluding hydrogens is 400 g/mol. The van der Waals surface area contributed by atoms with E-state index in [2.05, 4.69) is 44.1 Å². The van der Waals surface area contributed by atoms with Crippen molar-refractivity contribution in [3.63, 3.8) is 0 Å². The highest BCUT2D eigenvalue weighted by atomic mass is 79.9. The maximum atomic E-state index is 6.13. The Hall–Kier alpha value is -0.620. The molecule has 1 aliphatic carbocycles. The zero-order valence-electron chi connectivity index (χ0n) is 11.9. The molecule has 1 aromatic carbocycles. The number of thiocarbonyl (C=S) groups is 1. The second kappa shape index (κ2) is 6.87. The molecule has 3 rings (SSSR count). The molecule has 0 amide bonds. The highest BCUT2D eigenvalue weighted by Gasteiger charge is 2.37. The van der Waals surface area contributed by atoms with Crippen LogP contribution in [0, 0.1) is 0 Å². The van der Waals surface area contributed by atoms with Gasteiger partial charge in [-0.25, -0.2) is 0 Å². The molecule has 1 aromatic heterocycles. The molecule has 1 aliphatic rings. The largest absolute Gasteiger partial charge is 0.352 e. The Balaban J connectivity index is 1.73. The Labute approximate surface area is 153 Å². The van der Waals surface area contributed by atoms with Crippen molar-refractivity contribution in [1.29, 1.82) is 0 Å². The van der Waals surface area contributed by atoms with E-state index in [-0.39, 0.29) is 5.54 Å². The van der Waals surface area contributed by atoms with E-state index in [0.717, 1.165) is 23.0 Å². The summed E-state index contributed by atoms with van der Waals surface area (Å²) in [6.45, 7) is 0. The van der Waals surface area contributed by atoms with Crippen LogP contribution < -0.4 is 10.6 Å². The first-order valence-corrected chi connectivity index (χ1v) is 9.63. The van der Waals surface area contributed by atoms with E-state index in [9.17, 15) is 0 Å². The van der Waals surface area contributed by atoms with Crippen LogP contribution in [0.5, 0.6) is 0 Å². The lowest BCUT2D eigenvalue weighted by Crippen LogP contribution is -2.45. The Morgan fingerprint density at radius 1 is 1.27 bits per heavy atom. The minimum absolute atomic E-state index is 0.0165. The van der Waals surface area contributed by atoms with Crippen LogP contribution in [0.3, 0.4) is 0 Å². The van der Waals surface area contributed by atoms with Gasteiger partial charge in [0.15, 0.2) is 5.11 Å². The van der Waals surface area contributed by atoms with Crippen LogP contribution in [-0.2, 0) is 5.54 Å². The molecule has 2 nitrogen and oxygen atoms in total. The first kappa shape index (κ1) is 16.2. The number of hydrogen-bond donors (Lipinski definition) is 2. The molecular formula is C16H16BrClN2S2. The van der Waals surface area contributed by atoms with Crippen molar-refractivity contribution < 1.29 is 0 Å². The fraction of sp³-hybridized carbons (Fsp3) is 0.312. The van der Waals surface area contributed by atoms with Crippen molar-refractivity contribution in [2.24, 2.45) is 0 Å². The van der Waals surface area contributed by atoms with Crippen molar-refractivity contribution in [3.05, 3.63) is 50.1 Å². The molecule has 0 saturated heterocycles. The van der Waals surface area contributed by atoms with Crippen LogP contribution in [0.25, 0.3) is 0 Å². The summed E-state index contributed by atoms with van der Waals surface area (Å²) >= 11 is 16.8. The highest BCUT2D eigenvalue weighted by Crippen LogP contribution is 2.40. The van der Waals surface area contributed by atoms with E-state index < -0.39 is 0 Å². The molecule has 1 saturated carbocycles. The van der Waals surface area contributed by atoms with E-state index in [1.165, 1.54) is 17.7 Å². The van der Waals surface area contributed by atoms with Gasteiger partial charge in [-0.15, -0.1) is 11.3 Å². The third-order valence-corrected chi connectivity index (χ3v) is 6.49. The van der Waals surface area contributed by atoms with Crippen LogP contribution in [0.15, 0.2) is 40.2 Å². The Kier molecular flexibility index (Phi) is 5.07. The monoisotopic (exact) mass is 414 g/mol. The summed E-state index contributed by atoms with van der Waals surface area (Å²) in [6, 6.07) is 10.0. The van der Waals surface area contributed by atoms with Gasteiger partial charge in [0.1, 0.15) is 0 Å². The van der Waals surface area contributed by atoms with Gasteiger partial charge < -0.3 is 10.6 Å². The smallest absolute Gasteiger partial charge is 0.171 e. The van der Waals surface area contributed by atoms with Gasteiger partial charge in [-0.05, 0) is 70.6 Å². The minimum atomic E-state index is -0.0165. The summed E-state index contributed by atoms with van der Waals surface area (Å²) in [5.74, 6) is 0. The molecule has 22 heavy (non-hydrogen) atoms. The fourth-order valence-corrected chi connectivity index (χ4v) is 4.60. The topological polar surface area (TPSA) is 24.1 Å². The molecule has 116 valence electrons. The molecule has 0 radical (unpaired) electrons. The number of hydrogen-bond acceptors (Lipinski definition) is 2. The van der Waals surface area contributed by atoms with Crippen molar-refractivity contribution in [2.75, 3.05) is 5.32 Å². The summed E-state index contributed by atoms with van der Waals surface area (Å²) in [7, 11) is 0. The number of rotatable bonds is 3. The van der Waals surface area contributed by atoms with Crippen molar-refractivity contribution >= 4 is 61.9 Å². The summed E-state index contributed by atoms with van der Waals surface area (Å²) < 4.78 is 0.879. The van der Waals surface area contributed by atoms with Crippen LogP contribution in [0.4, 0.5) is 5.69 Å². The molecule has 1 heterocycles. The molecule has 0 unspecified atom stereocenters. The van der Waals surface area contributed by atoms with E-state index in [1.807, 2.05) is 18.2 Å². The van der Waals surface area contributed by atoms with Gasteiger partial charge in [-0.3, -0.25) is 0 Å². The zero-order valence-corrected chi connectivity index (χ0v) is 15.8. The Bertz CT molecular complexity index is 667. The van der Waals surface area contributed by atoms with Crippen molar-refractivity contribution in [3.8, 4) is 0 Å². The second-order valence-corrected chi connectivity index (χ2v) is 8.09. The molecule has 1 fully saturated rings. The molecule has 0 bridgehead atoms. The van der Waals surface area contributed by atoms with Crippen LogP contribution in [0.2, 0.25) is 5.02 Å². The number of halogens is 2. The Morgan fingerprint density at radius 3 is 2.68 bits per heavy atom. The first-order valence-electron chi connectivity index (χ1n) is 7.17. The average molecular weight is 416 g/mol. The lowest BCUT2D eigenvalue weighted by molar-refractivity contribution is 0.417. The molecule has 0 atom stereocenters. The zero-order chi connectivity index (χ0) is 15.6. The predicted octanol–water partition coefficient (Wildman–Crippen LogP) is 5.92. The molecule has 2 N–H and O–H groups in total. The van der Waals surface area contributed by atoms with E-state index >= 15 is 0 Å². The van der Waals surface area contributed by atoms with Crippen LogP contribution in [-0.4, -0.2) is 5.11 Å². The maximum Gasteiger partial charge on any atom is 0.171 e. The predicted molar refractivity (Wildman–Crippen MR) is 103 cm³/mol. The lowest BCUT2D eigenvalue weighted by Gasteiger charge is -2.31. The minimum Gasteiger partial charge on any atom is -0.352 e. The lowest BCUT2D eigenvalue weighted by atomic mass is 9.96. The summed E-state index contributed by atoms with van der Waals surface area (Å²) in [6.07, 6.45) is 4.71. The summed E-state index contributed by atoms with van der Waals surface area (Å²) in [5.41, 5.74) is 0.877. The first-order chi connectivity index (χ1) is 10.6. The molecule has 6 heteroatoms. The van der Waals surface area contributed by atoms with Gasteiger partial charge in [0.2, 0.25) is 0 Å². The molecule has 0 aliphatic heterocycles. The fourth-order valence-electron chi connectivity index (χ4n) is 2.92. The summed E-state index contributed by atoms with van der Waals surface area (Å²) in [5, 5.41) is 10.2. The highest BCUT2D eigenvalue weighted by molar-refractivity contribution is 9.10. The standard InChI is InChI=1S/C16H16BrClN2S2/c17-12-6-5-11(10-13(12)18)19-15(21)20-16(7-1-2-8-16)14-4-3-9-22-14/h3-6,9-10H,1-2,7-8H2,(H2,19,20,21). The van der Waals surface area contributed by atoms with Crippen molar-refractivity contribution in [2.45, 2.75) is 31.2 Å². The number of thiophene rings is 1. The number of nitrogens with one attached hydrogen (secondary N) is 2. The molecule has 2 aromatic rings. The second-order valence-electron chi connectivity index (χ2n) is 5.47. The summed E-state index contributed by atoms with van der Waals surface area (Å²) in [4.78, 5) is 1.36. The van der Waals surface area contributed by atoms with E-state index in [0.29, 0.717) is 10.1 Å². The number of anilines is 1. The SMILES string of the molecule is S=C(Nc1ccc(Br)c(Cl)c1)NC1(c2cccs2)CCCC1. The molecule has 0 spiro atoms. The normalized spacial score (nSPS) is 16.5. The van der Waals surface area contributed by atoms with Crippen LogP contribution >= 0.6 is 51.1 Å². The Morgan fingerprint density at radius 2 is 2.05 bits per heavy atom. The van der Waals surface area contributed by atoms with Gasteiger partial charge in [0, 0.05) is 15.0 Å². The number of benzene rings is 1. The van der Waals surface area contributed by atoms with Crippen molar-refractivity contribution in [1.82, 2.24) is 5.32 Å². The third-order valence-electron chi connectivity index (χ3n) is 3.98. The van der Waals surface area contributed by atoms with Gasteiger partial charge in [0.05, 0.1) is 10.6 Å².